The molecule has 0 saturated heterocycles. The fourth-order valence-corrected chi connectivity index (χ4v) is 3.45. The number of aryl methyl sites for hydroxylation is 1. The molecule has 0 aliphatic carbocycles. The zero-order valence-corrected chi connectivity index (χ0v) is 19.7. The average Bonchev–Trinajstić information content (AvgIpc) is 2.74. The van der Waals surface area contributed by atoms with E-state index in [1.807, 2.05) is 0 Å². The van der Waals surface area contributed by atoms with E-state index in [1.165, 1.54) is 19.1 Å². The van der Waals surface area contributed by atoms with Crippen LogP contribution in [0.4, 0.5) is 23.2 Å². The Hall–Kier alpha value is -3.22. The third-order valence-electron chi connectivity index (χ3n) is 4.60. The van der Waals surface area contributed by atoms with Gasteiger partial charge in [-0.05, 0) is 48.9 Å². The van der Waals surface area contributed by atoms with Crippen LogP contribution in [0.5, 0.6) is 11.5 Å². The lowest BCUT2D eigenvalue weighted by atomic mass is 10.1. The van der Waals surface area contributed by atoms with Gasteiger partial charge in [-0.2, -0.15) is 13.2 Å². The summed E-state index contributed by atoms with van der Waals surface area (Å²) in [6.07, 6.45) is -3.81. The van der Waals surface area contributed by atoms with Crippen molar-refractivity contribution in [2.24, 2.45) is 0 Å². The maximum absolute atomic E-state index is 13.4. The summed E-state index contributed by atoms with van der Waals surface area (Å²) in [5.74, 6) is -2.16. The minimum Gasteiger partial charge on any atom is -0.456 e. The van der Waals surface area contributed by atoms with E-state index in [1.54, 1.807) is 0 Å². The molecule has 3 N–H and O–H groups in total. The molecule has 0 atom stereocenters. The molecule has 15 heteroatoms. The molecule has 0 saturated carbocycles. The number of nitrogens with one attached hydrogen (secondary N) is 1. The van der Waals surface area contributed by atoms with Crippen LogP contribution in [0.2, 0.25) is 5.02 Å². The Morgan fingerprint density at radius 1 is 1.14 bits per heavy atom. The van der Waals surface area contributed by atoms with Gasteiger partial charge in [-0.15, -0.1) is 0 Å². The fraction of sp³-hybridized carbons (Fsp3) is 0.143. The standard InChI is InChI=1S/C21H16ClF4N2O7P/c1-11-6-12(23)2-3-17(11)35-18-9-15(21(24,25)26)16(22)8-14(18)20(30)27-13-4-5-28(19(29)7-13)10-34-36(31,32)33/h2-9H,10H2,1H3,(H,27,30)(H2,31,32,33). The van der Waals surface area contributed by atoms with Crippen molar-refractivity contribution in [1.29, 1.82) is 0 Å². The first-order valence-corrected chi connectivity index (χ1v) is 11.6. The minimum atomic E-state index is -4.87. The lowest BCUT2D eigenvalue weighted by Gasteiger charge is -2.17. The zero-order chi connectivity index (χ0) is 26.8. The highest BCUT2D eigenvalue weighted by Gasteiger charge is 2.35. The van der Waals surface area contributed by atoms with Gasteiger partial charge in [-0.1, -0.05) is 11.6 Å². The first-order valence-electron chi connectivity index (χ1n) is 9.71. The summed E-state index contributed by atoms with van der Waals surface area (Å²) in [6, 6.07) is 6.61. The number of pyridine rings is 1. The molecule has 0 fully saturated rings. The van der Waals surface area contributed by atoms with Crippen LogP contribution < -0.4 is 15.6 Å². The van der Waals surface area contributed by atoms with Crippen molar-refractivity contribution in [2.75, 3.05) is 5.32 Å². The van der Waals surface area contributed by atoms with E-state index in [9.17, 15) is 31.7 Å². The minimum absolute atomic E-state index is 0.0199. The summed E-state index contributed by atoms with van der Waals surface area (Å²) >= 11 is 5.77. The maximum atomic E-state index is 13.4. The summed E-state index contributed by atoms with van der Waals surface area (Å²) in [5, 5.41) is 1.52. The number of carbonyl (C=O) groups is 1. The molecule has 0 radical (unpaired) electrons. The van der Waals surface area contributed by atoms with Crippen molar-refractivity contribution in [3.8, 4) is 11.5 Å². The lowest BCUT2D eigenvalue weighted by Crippen LogP contribution is -2.22. The first kappa shape index (κ1) is 27.4. The lowest BCUT2D eigenvalue weighted by molar-refractivity contribution is -0.137. The van der Waals surface area contributed by atoms with Gasteiger partial charge in [0.15, 0.2) is 0 Å². The number of carbonyl (C=O) groups excluding carboxylic acids is 1. The number of amides is 1. The number of aromatic nitrogens is 1. The summed E-state index contributed by atoms with van der Waals surface area (Å²) in [5.41, 5.74) is -2.37. The Bertz CT molecular complexity index is 1420. The number of hydrogen-bond acceptors (Lipinski definition) is 5. The van der Waals surface area contributed by atoms with Crippen LogP contribution >= 0.6 is 19.4 Å². The average molecular weight is 551 g/mol. The Morgan fingerprint density at radius 2 is 1.83 bits per heavy atom. The Morgan fingerprint density at radius 3 is 2.42 bits per heavy atom. The zero-order valence-electron chi connectivity index (χ0n) is 18.0. The molecule has 192 valence electrons. The van der Waals surface area contributed by atoms with Crippen LogP contribution in [0.15, 0.2) is 53.5 Å². The molecular formula is C21H16ClF4N2O7P. The largest absolute Gasteiger partial charge is 0.471 e. The van der Waals surface area contributed by atoms with E-state index in [2.05, 4.69) is 9.84 Å². The number of rotatable bonds is 7. The SMILES string of the molecule is Cc1cc(F)ccc1Oc1cc(C(F)(F)F)c(Cl)cc1C(=O)Nc1ccn(COP(=O)(O)O)c(=O)c1. The van der Waals surface area contributed by atoms with Gasteiger partial charge in [0.25, 0.3) is 11.5 Å². The van der Waals surface area contributed by atoms with Crippen molar-refractivity contribution in [3.63, 3.8) is 0 Å². The predicted octanol–water partition coefficient (Wildman–Crippen LogP) is 5.08. The molecule has 1 amide bonds. The number of halogens is 5. The molecule has 3 rings (SSSR count). The number of nitrogens with zero attached hydrogens (tertiary/aromatic N) is 1. The van der Waals surface area contributed by atoms with E-state index in [0.29, 0.717) is 6.07 Å². The van der Waals surface area contributed by atoms with Crippen molar-refractivity contribution < 1.29 is 46.0 Å². The summed E-state index contributed by atoms with van der Waals surface area (Å²) < 4.78 is 75.0. The molecule has 0 unspecified atom stereocenters. The topological polar surface area (TPSA) is 127 Å². The van der Waals surface area contributed by atoms with Gasteiger partial charge < -0.3 is 19.8 Å². The second-order valence-corrected chi connectivity index (χ2v) is 8.91. The Labute approximate surface area is 205 Å². The van der Waals surface area contributed by atoms with E-state index >= 15 is 0 Å². The Balaban J connectivity index is 1.95. The molecular weight excluding hydrogens is 535 g/mol. The molecule has 3 aromatic rings. The molecule has 2 aromatic carbocycles. The molecule has 1 heterocycles. The number of ether oxygens (including phenoxy) is 1. The van der Waals surface area contributed by atoms with E-state index in [4.69, 9.17) is 26.1 Å². The van der Waals surface area contributed by atoms with Crippen LogP contribution in [-0.4, -0.2) is 20.3 Å². The highest BCUT2D eigenvalue weighted by atomic mass is 35.5. The van der Waals surface area contributed by atoms with Crippen LogP contribution in [0.25, 0.3) is 0 Å². The van der Waals surface area contributed by atoms with Gasteiger partial charge in [0, 0.05) is 18.0 Å². The van der Waals surface area contributed by atoms with Gasteiger partial charge >= 0.3 is 14.0 Å². The van der Waals surface area contributed by atoms with Crippen LogP contribution in [-0.2, 0) is 22.0 Å². The molecule has 1 aromatic heterocycles. The van der Waals surface area contributed by atoms with E-state index in [0.717, 1.165) is 35.0 Å². The molecule has 0 aliphatic rings. The van der Waals surface area contributed by atoms with Gasteiger partial charge in [0.2, 0.25) is 0 Å². The number of benzene rings is 2. The molecule has 0 bridgehead atoms. The summed E-state index contributed by atoms with van der Waals surface area (Å²) in [7, 11) is -4.84. The first-order chi connectivity index (χ1) is 16.6. The normalized spacial score (nSPS) is 11.9. The summed E-state index contributed by atoms with van der Waals surface area (Å²) in [6.45, 7) is 0.671. The number of phosphoric ester groups is 1. The smallest absolute Gasteiger partial charge is 0.456 e. The number of anilines is 1. The molecule has 36 heavy (non-hydrogen) atoms. The van der Waals surface area contributed by atoms with Crippen molar-refractivity contribution >= 4 is 31.0 Å². The summed E-state index contributed by atoms with van der Waals surface area (Å²) in [4.78, 5) is 42.5. The van der Waals surface area contributed by atoms with E-state index < -0.39 is 59.9 Å². The molecule has 0 aliphatic heterocycles. The van der Waals surface area contributed by atoms with Crippen molar-refractivity contribution in [3.05, 3.63) is 86.5 Å². The quantitative estimate of drug-likeness (QED) is 0.276. The molecule has 0 spiro atoms. The van der Waals surface area contributed by atoms with Crippen molar-refractivity contribution in [1.82, 2.24) is 4.57 Å². The van der Waals surface area contributed by atoms with Gasteiger partial charge in [0.05, 0.1) is 16.1 Å². The number of phosphoric acid groups is 1. The van der Waals surface area contributed by atoms with Crippen molar-refractivity contribution in [2.45, 2.75) is 19.8 Å². The number of alkyl halides is 3. The molecule has 9 nitrogen and oxygen atoms in total. The van der Waals surface area contributed by atoms with Crippen LogP contribution in [0, 0.1) is 12.7 Å². The maximum Gasteiger partial charge on any atom is 0.471 e. The highest BCUT2D eigenvalue weighted by Crippen LogP contribution is 2.40. The predicted molar refractivity (Wildman–Crippen MR) is 119 cm³/mol. The Kier molecular flexibility index (Phi) is 7.91. The second kappa shape index (κ2) is 10.4. The van der Waals surface area contributed by atoms with Gasteiger partial charge in [0.1, 0.15) is 24.0 Å². The van der Waals surface area contributed by atoms with Gasteiger partial charge in [-0.3, -0.25) is 18.7 Å². The second-order valence-electron chi connectivity index (χ2n) is 7.26. The number of hydrogen-bond donors (Lipinski definition) is 3. The third kappa shape index (κ3) is 6.93. The van der Waals surface area contributed by atoms with E-state index in [-0.39, 0.29) is 17.0 Å². The highest BCUT2D eigenvalue weighted by molar-refractivity contribution is 7.46. The third-order valence-corrected chi connectivity index (χ3v) is 5.36. The van der Waals surface area contributed by atoms with Crippen LogP contribution in [0.1, 0.15) is 21.5 Å². The van der Waals surface area contributed by atoms with Gasteiger partial charge in [-0.25, -0.2) is 8.96 Å². The van der Waals surface area contributed by atoms with Crippen LogP contribution in [0.3, 0.4) is 0 Å². The monoisotopic (exact) mass is 550 g/mol. The fourth-order valence-electron chi connectivity index (χ4n) is 2.91.